The van der Waals surface area contributed by atoms with Crippen LogP contribution in [0.4, 0.5) is 0 Å². The lowest BCUT2D eigenvalue weighted by molar-refractivity contribution is 0.0700. The summed E-state index contributed by atoms with van der Waals surface area (Å²) >= 11 is 0. The zero-order valence-corrected chi connectivity index (χ0v) is 15.1. The Labute approximate surface area is 145 Å². The number of hydrogen-bond acceptors (Lipinski definition) is 4. The van der Waals surface area contributed by atoms with Crippen LogP contribution in [0.3, 0.4) is 0 Å². The monoisotopic (exact) mass is 333 g/mol. The highest BCUT2D eigenvalue weighted by molar-refractivity contribution is 5.93. The molecule has 6 nitrogen and oxygen atoms in total. The highest BCUT2D eigenvalue weighted by Crippen LogP contribution is 2.24. The summed E-state index contributed by atoms with van der Waals surface area (Å²) in [6, 6.07) is 0.716. The normalized spacial score (nSPS) is 21.2. The molecule has 1 aliphatic heterocycles. The van der Waals surface area contributed by atoms with Crippen LogP contribution in [0.2, 0.25) is 0 Å². The minimum absolute atomic E-state index is 0.0401. The zero-order chi connectivity index (χ0) is 16.9. The average Bonchev–Trinajstić information content (AvgIpc) is 2.96. The van der Waals surface area contributed by atoms with Crippen molar-refractivity contribution in [2.75, 3.05) is 20.1 Å². The second kappa shape index (κ2) is 8.10. The maximum atomic E-state index is 13.0. The van der Waals surface area contributed by atoms with Crippen molar-refractivity contribution in [2.45, 2.75) is 76.8 Å². The lowest BCUT2D eigenvalue weighted by atomic mass is 9.95. The van der Waals surface area contributed by atoms with Crippen LogP contribution in [0.5, 0.6) is 0 Å². The van der Waals surface area contributed by atoms with Gasteiger partial charge in [0, 0.05) is 13.1 Å². The number of piperidine rings is 1. The van der Waals surface area contributed by atoms with Crippen molar-refractivity contribution in [2.24, 2.45) is 0 Å². The Balaban J connectivity index is 1.70. The molecule has 1 saturated carbocycles. The van der Waals surface area contributed by atoms with E-state index in [0.717, 1.165) is 44.5 Å². The molecule has 24 heavy (non-hydrogen) atoms. The SMILES string of the molecule is Cc1c(C(=O)N(C)C2CCCCCCC2)nnn1C1CCNCC1. The molecule has 1 aromatic heterocycles. The molecular formula is C18H31N5O. The van der Waals surface area contributed by atoms with E-state index < -0.39 is 0 Å². The molecule has 0 bridgehead atoms. The fraction of sp³-hybridized carbons (Fsp3) is 0.833. The van der Waals surface area contributed by atoms with Crippen molar-refractivity contribution in [3.8, 4) is 0 Å². The third-order valence-corrected chi connectivity index (χ3v) is 5.73. The molecule has 0 atom stereocenters. The first kappa shape index (κ1) is 17.4. The van der Waals surface area contributed by atoms with Gasteiger partial charge in [-0.25, -0.2) is 4.68 Å². The molecule has 6 heteroatoms. The summed E-state index contributed by atoms with van der Waals surface area (Å²) in [5, 5.41) is 11.9. The van der Waals surface area contributed by atoms with E-state index in [-0.39, 0.29) is 5.91 Å². The topological polar surface area (TPSA) is 63.1 Å². The summed E-state index contributed by atoms with van der Waals surface area (Å²) in [5.74, 6) is 0.0401. The van der Waals surface area contributed by atoms with Crippen LogP contribution in [-0.4, -0.2) is 52.0 Å². The van der Waals surface area contributed by atoms with Crippen LogP contribution >= 0.6 is 0 Å². The number of carbonyl (C=O) groups is 1. The average molecular weight is 333 g/mol. The smallest absolute Gasteiger partial charge is 0.276 e. The molecule has 2 fully saturated rings. The van der Waals surface area contributed by atoms with Gasteiger partial charge in [-0.1, -0.05) is 37.3 Å². The molecule has 0 radical (unpaired) electrons. The zero-order valence-electron chi connectivity index (χ0n) is 15.1. The van der Waals surface area contributed by atoms with Gasteiger partial charge in [-0.05, 0) is 45.7 Å². The van der Waals surface area contributed by atoms with Gasteiger partial charge in [0.2, 0.25) is 0 Å². The maximum Gasteiger partial charge on any atom is 0.276 e. The van der Waals surface area contributed by atoms with Crippen molar-refractivity contribution < 1.29 is 4.79 Å². The van der Waals surface area contributed by atoms with Crippen molar-refractivity contribution in [1.29, 1.82) is 0 Å². The maximum absolute atomic E-state index is 13.0. The van der Waals surface area contributed by atoms with Gasteiger partial charge < -0.3 is 10.2 Å². The molecule has 1 saturated heterocycles. The molecule has 3 rings (SSSR count). The van der Waals surface area contributed by atoms with Crippen LogP contribution in [0.15, 0.2) is 0 Å². The molecule has 0 spiro atoms. The Morgan fingerprint density at radius 1 is 1.08 bits per heavy atom. The Bertz CT molecular complexity index is 542. The summed E-state index contributed by atoms with van der Waals surface area (Å²) in [7, 11) is 1.94. The number of aromatic nitrogens is 3. The molecule has 0 unspecified atom stereocenters. The molecule has 1 amide bonds. The second-order valence-electron chi connectivity index (χ2n) is 7.36. The van der Waals surface area contributed by atoms with Crippen molar-refractivity contribution in [3.05, 3.63) is 11.4 Å². The molecule has 2 aliphatic rings. The highest BCUT2D eigenvalue weighted by Gasteiger charge is 2.27. The van der Waals surface area contributed by atoms with Crippen LogP contribution < -0.4 is 5.32 Å². The van der Waals surface area contributed by atoms with E-state index >= 15 is 0 Å². The van der Waals surface area contributed by atoms with Crippen LogP contribution in [0, 0.1) is 6.92 Å². The van der Waals surface area contributed by atoms with E-state index in [1.807, 2.05) is 23.6 Å². The number of hydrogen-bond donors (Lipinski definition) is 1. The van der Waals surface area contributed by atoms with Crippen LogP contribution in [0.25, 0.3) is 0 Å². The minimum Gasteiger partial charge on any atom is -0.337 e. The Kier molecular flexibility index (Phi) is 5.87. The predicted octanol–water partition coefficient (Wildman–Crippen LogP) is 2.70. The minimum atomic E-state index is 0.0401. The number of nitrogens with one attached hydrogen (secondary N) is 1. The van der Waals surface area contributed by atoms with Gasteiger partial charge in [0.25, 0.3) is 5.91 Å². The Hall–Kier alpha value is -1.43. The number of nitrogens with zero attached hydrogens (tertiary/aromatic N) is 4. The molecule has 0 aromatic carbocycles. The van der Waals surface area contributed by atoms with Gasteiger partial charge in [-0.3, -0.25) is 4.79 Å². The lowest BCUT2D eigenvalue weighted by Gasteiger charge is -2.29. The Morgan fingerprint density at radius 2 is 1.71 bits per heavy atom. The third kappa shape index (κ3) is 3.79. The quantitative estimate of drug-likeness (QED) is 0.924. The van der Waals surface area contributed by atoms with E-state index in [2.05, 4.69) is 15.6 Å². The number of rotatable bonds is 3. The van der Waals surface area contributed by atoms with Crippen molar-refractivity contribution in [1.82, 2.24) is 25.2 Å². The molecule has 1 N–H and O–H groups in total. The van der Waals surface area contributed by atoms with Crippen molar-refractivity contribution in [3.63, 3.8) is 0 Å². The Morgan fingerprint density at radius 3 is 2.38 bits per heavy atom. The summed E-state index contributed by atoms with van der Waals surface area (Å²) < 4.78 is 1.97. The van der Waals surface area contributed by atoms with Crippen LogP contribution in [0.1, 0.15) is 80.0 Å². The second-order valence-corrected chi connectivity index (χ2v) is 7.36. The van der Waals surface area contributed by atoms with Gasteiger partial charge in [0.05, 0.1) is 11.7 Å². The largest absolute Gasteiger partial charge is 0.337 e. The van der Waals surface area contributed by atoms with Gasteiger partial charge >= 0.3 is 0 Å². The molecule has 1 aromatic rings. The van der Waals surface area contributed by atoms with Crippen LogP contribution in [-0.2, 0) is 0 Å². The fourth-order valence-electron chi connectivity index (χ4n) is 4.09. The number of amides is 1. The van der Waals surface area contributed by atoms with E-state index in [1.165, 1.54) is 32.1 Å². The highest BCUT2D eigenvalue weighted by atomic mass is 16.2. The van der Waals surface area contributed by atoms with E-state index in [0.29, 0.717) is 17.8 Å². The predicted molar refractivity (Wildman–Crippen MR) is 94.1 cm³/mol. The first-order valence-electron chi connectivity index (χ1n) is 9.58. The summed E-state index contributed by atoms with van der Waals surface area (Å²) in [5.41, 5.74) is 1.46. The van der Waals surface area contributed by atoms with Gasteiger partial charge in [0.15, 0.2) is 5.69 Å². The van der Waals surface area contributed by atoms with E-state index in [4.69, 9.17) is 0 Å². The number of carbonyl (C=O) groups excluding carboxylic acids is 1. The fourth-order valence-corrected chi connectivity index (χ4v) is 4.09. The molecule has 1 aliphatic carbocycles. The third-order valence-electron chi connectivity index (χ3n) is 5.73. The first-order valence-corrected chi connectivity index (χ1v) is 9.58. The first-order chi connectivity index (χ1) is 11.7. The molecule has 2 heterocycles. The molecular weight excluding hydrogens is 302 g/mol. The summed E-state index contributed by atoms with van der Waals surface area (Å²) in [6.07, 6.45) is 10.7. The standard InChI is InChI=1S/C18H31N5O/c1-14-17(20-21-23(14)16-10-12-19-13-11-16)18(24)22(2)15-8-6-4-3-5-7-9-15/h15-16,19H,3-13H2,1-2H3. The molecule has 134 valence electrons. The summed E-state index contributed by atoms with van der Waals surface area (Å²) in [4.78, 5) is 14.9. The van der Waals surface area contributed by atoms with E-state index in [9.17, 15) is 4.79 Å². The lowest BCUT2D eigenvalue weighted by Crippen LogP contribution is -2.38. The van der Waals surface area contributed by atoms with Gasteiger partial charge in [-0.15, -0.1) is 5.10 Å². The van der Waals surface area contributed by atoms with Gasteiger partial charge in [0.1, 0.15) is 0 Å². The van der Waals surface area contributed by atoms with Gasteiger partial charge in [-0.2, -0.15) is 0 Å². The summed E-state index contributed by atoms with van der Waals surface area (Å²) in [6.45, 7) is 4.01. The van der Waals surface area contributed by atoms with Crippen molar-refractivity contribution >= 4 is 5.91 Å². The van der Waals surface area contributed by atoms with E-state index in [1.54, 1.807) is 0 Å².